The summed E-state index contributed by atoms with van der Waals surface area (Å²) in [7, 11) is -3.97. The number of nitrogens with zero attached hydrogens (tertiary/aromatic N) is 2. The number of nitrogens with one attached hydrogen (secondary N) is 1. The van der Waals surface area contributed by atoms with Gasteiger partial charge in [0.15, 0.2) is 0 Å². The largest absolute Gasteiger partial charge is 0.351 e. The van der Waals surface area contributed by atoms with Crippen LogP contribution in [-0.2, 0) is 26.2 Å². The molecule has 1 atom stereocenters. The molecule has 0 spiro atoms. The molecule has 1 saturated heterocycles. The van der Waals surface area contributed by atoms with Crippen molar-refractivity contribution in [2.24, 2.45) is 0 Å². The van der Waals surface area contributed by atoms with Crippen LogP contribution in [0.25, 0.3) is 11.1 Å². The van der Waals surface area contributed by atoms with Crippen molar-refractivity contribution in [2.75, 3.05) is 19.6 Å². The molecule has 0 aromatic heterocycles. The average Bonchev–Trinajstić information content (AvgIpc) is 2.92. The summed E-state index contributed by atoms with van der Waals surface area (Å²) in [6.45, 7) is 6.22. The third-order valence-electron chi connectivity index (χ3n) is 6.76. The Hall–Kier alpha value is -3.49. The van der Waals surface area contributed by atoms with E-state index in [-0.39, 0.29) is 37.0 Å². The van der Waals surface area contributed by atoms with Crippen molar-refractivity contribution < 1.29 is 18.0 Å². The van der Waals surface area contributed by atoms with Gasteiger partial charge in [-0.15, -0.1) is 0 Å². The monoisotopic (exact) mass is 519 g/mol. The molecular weight excluding hydrogens is 486 g/mol. The van der Waals surface area contributed by atoms with Gasteiger partial charge in [0.05, 0.1) is 4.90 Å². The summed E-state index contributed by atoms with van der Waals surface area (Å²) < 4.78 is 28.5. The summed E-state index contributed by atoms with van der Waals surface area (Å²) in [6.07, 6.45) is 0. The minimum atomic E-state index is -3.97. The van der Waals surface area contributed by atoms with E-state index in [2.05, 4.69) is 19.2 Å². The standard InChI is InChI=1S/C29H33N3O4S/c1-21(2)24-11-9-23(10-12-24)19-30-29(34)28-20-31(22(3)33)17-18-32(28)37(35,36)27-15-13-26(14-16-27)25-7-5-4-6-8-25/h4-16,21,28H,17-20H2,1-3H3,(H,30,34)/t28-/m1/s1. The summed E-state index contributed by atoms with van der Waals surface area (Å²) in [6, 6.07) is 23.3. The lowest BCUT2D eigenvalue weighted by molar-refractivity contribution is -0.134. The van der Waals surface area contributed by atoms with Gasteiger partial charge in [0, 0.05) is 33.1 Å². The molecule has 0 aliphatic carbocycles. The number of amides is 2. The highest BCUT2D eigenvalue weighted by atomic mass is 32.2. The molecule has 3 aromatic carbocycles. The second-order valence-electron chi connectivity index (χ2n) is 9.60. The van der Waals surface area contributed by atoms with Crippen LogP contribution in [0.15, 0.2) is 83.8 Å². The van der Waals surface area contributed by atoms with Crippen LogP contribution in [0.3, 0.4) is 0 Å². The van der Waals surface area contributed by atoms with Crippen molar-refractivity contribution in [3.05, 3.63) is 90.0 Å². The van der Waals surface area contributed by atoms with E-state index in [9.17, 15) is 18.0 Å². The number of piperazine rings is 1. The molecule has 1 aliphatic heterocycles. The molecule has 1 aliphatic rings. The predicted molar refractivity (Wildman–Crippen MR) is 144 cm³/mol. The van der Waals surface area contributed by atoms with Gasteiger partial charge in [-0.3, -0.25) is 9.59 Å². The summed E-state index contributed by atoms with van der Waals surface area (Å²) in [5.41, 5.74) is 4.01. The van der Waals surface area contributed by atoms with Gasteiger partial charge < -0.3 is 10.2 Å². The maximum Gasteiger partial charge on any atom is 0.243 e. The molecule has 1 fully saturated rings. The SMILES string of the molecule is CC(=O)N1CCN(S(=O)(=O)c2ccc(-c3ccccc3)cc2)[C@@H](C(=O)NCc2ccc(C(C)C)cc2)C1. The molecule has 0 bridgehead atoms. The highest BCUT2D eigenvalue weighted by molar-refractivity contribution is 7.89. The Morgan fingerprint density at radius 3 is 2.11 bits per heavy atom. The van der Waals surface area contributed by atoms with E-state index in [1.807, 2.05) is 54.6 Å². The van der Waals surface area contributed by atoms with Gasteiger partial charge >= 0.3 is 0 Å². The molecule has 0 unspecified atom stereocenters. The Labute approximate surface area is 219 Å². The van der Waals surface area contributed by atoms with Gasteiger partial charge in [-0.2, -0.15) is 4.31 Å². The van der Waals surface area contributed by atoms with E-state index in [0.717, 1.165) is 16.7 Å². The van der Waals surface area contributed by atoms with E-state index in [1.165, 1.54) is 21.7 Å². The zero-order valence-electron chi connectivity index (χ0n) is 21.4. The third kappa shape index (κ3) is 6.09. The lowest BCUT2D eigenvalue weighted by atomic mass is 10.0. The van der Waals surface area contributed by atoms with Crippen molar-refractivity contribution in [3.8, 4) is 11.1 Å². The van der Waals surface area contributed by atoms with Crippen molar-refractivity contribution in [1.29, 1.82) is 0 Å². The first kappa shape index (κ1) is 26.6. The minimum absolute atomic E-state index is 0.00871. The van der Waals surface area contributed by atoms with Crippen molar-refractivity contribution in [1.82, 2.24) is 14.5 Å². The number of hydrogen-bond donors (Lipinski definition) is 1. The average molecular weight is 520 g/mol. The van der Waals surface area contributed by atoms with Gasteiger partial charge in [0.25, 0.3) is 0 Å². The first-order valence-electron chi connectivity index (χ1n) is 12.5. The van der Waals surface area contributed by atoms with Crippen LogP contribution in [0.4, 0.5) is 0 Å². The van der Waals surface area contributed by atoms with Crippen molar-refractivity contribution in [2.45, 2.75) is 44.2 Å². The number of benzene rings is 3. The molecule has 8 heteroatoms. The maximum atomic E-state index is 13.6. The molecule has 7 nitrogen and oxygen atoms in total. The smallest absolute Gasteiger partial charge is 0.243 e. The topological polar surface area (TPSA) is 86.8 Å². The Morgan fingerprint density at radius 2 is 1.51 bits per heavy atom. The highest BCUT2D eigenvalue weighted by Crippen LogP contribution is 2.26. The van der Waals surface area contributed by atoms with E-state index in [1.54, 1.807) is 24.3 Å². The fourth-order valence-electron chi connectivity index (χ4n) is 4.47. The van der Waals surface area contributed by atoms with Gasteiger partial charge in [-0.05, 0) is 40.3 Å². The molecule has 1 heterocycles. The summed E-state index contributed by atoms with van der Waals surface area (Å²) in [5.74, 6) is -0.210. The van der Waals surface area contributed by atoms with Gasteiger partial charge in [0.1, 0.15) is 6.04 Å². The molecule has 37 heavy (non-hydrogen) atoms. The summed E-state index contributed by atoms with van der Waals surface area (Å²) in [5, 5.41) is 2.88. The number of carbonyl (C=O) groups is 2. The van der Waals surface area contributed by atoms with E-state index >= 15 is 0 Å². The first-order chi connectivity index (χ1) is 17.7. The lowest BCUT2D eigenvalue weighted by Gasteiger charge is -2.39. The fraction of sp³-hybridized carbons (Fsp3) is 0.310. The Kier molecular flexibility index (Phi) is 8.10. The molecular formula is C29H33N3O4S. The molecule has 1 N–H and O–H groups in total. The van der Waals surface area contributed by atoms with Crippen LogP contribution in [0.1, 0.15) is 37.8 Å². The fourth-order valence-corrected chi connectivity index (χ4v) is 6.04. The Morgan fingerprint density at radius 1 is 0.892 bits per heavy atom. The van der Waals surface area contributed by atoms with E-state index in [4.69, 9.17) is 0 Å². The Balaban J connectivity index is 1.54. The predicted octanol–water partition coefficient (Wildman–Crippen LogP) is 4.01. The molecule has 4 rings (SSSR count). The first-order valence-corrected chi connectivity index (χ1v) is 13.9. The van der Waals surface area contributed by atoms with Gasteiger partial charge in [0.2, 0.25) is 21.8 Å². The Bertz CT molecular complexity index is 1340. The van der Waals surface area contributed by atoms with Crippen LogP contribution < -0.4 is 5.32 Å². The zero-order valence-corrected chi connectivity index (χ0v) is 22.2. The van der Waals surface area contributed by atoms with Crippen molar-refractivity contribution in [3.63, 3.8) is 0 Å². The number of hydrogen-bond acceptors (Lipinski definition) is 4. The second-order valence-corrected chi connectivity index (χ2v) is 11.5. The quantitative estimate of drug-likeness (QED) is 0.511. The summed E-state index contributed by atoms with van der Waals surface area (Å²) in [4.78, 5) is 27.0. The third-order valence-corrected chi connectivity index (χ3v) is 8.68. The second kappa shape index (κ2) is 11.3. The highest BCUT2D eigenvalue weighted by Gasteiger charge is 2.40. The van der Waals surface area contributed by atoms with Crippen LogP contribution in [0.2, 0.25) is 0 Å². The van der Waals surface area contributed by atoms with Crippen molar-refractivity contribution >= 4 is 21.8 Å². The van der Waals surface area contributed by atoms with Crippen LogP contribution >= 0.6 is 0 Å². The number of sulfonamides is 1. The van der Waals surface area contributed by atoms with Gasteiger partial charge in [-0.25, -0.2) is 8.42 Å². The number of carbonyl (C=O) groups excluding carboxylic acids is 2. The molecule has 2 amide bonds. The molecule has 194 valence electrons. The molecule has 0 radical (unpaired) electrons. The van der Waals surface area contributed by atoms with E-state index < -0.39 is 22.0 Å². The molecule has 0 saturated carbocycles. The zero-order chi connectivity index (χ0) is 26.6. The number of rotatable bonds is 7. The molecule has 3 aromatic rings. The maximum absolute atomic E-state index is 13.6. The normalized spacial score (nSPS) is 16.5. The van der Waals surface area contributed by atoms with Crippen LogP contribution in [0.5, 0.6) is 0 Å². The van der Waals surface area contributed by atoms with Gasteiger partial charge in [-0.1, -0.05) is 80.6 Å². The van der Waals surface area contributed by atoms with Crippen LogP contribution in [-0.4, -0.2) is 55.1 Å². The minimum Gasteiger partial charge on any atom is -0.351 e. The van der Waals surface area contributed by atoms with Crippen LogP contribution in [0, 0.1) is 0 Å². The van der Waals surface area contributed by atoms with E-state index in [0.29, 0.717) is 5.92 Å². The lowest BCUT2D eigenvalue weighted by Crippen LogP contribution is -2.61. The summed E-state index contributed by atoms with van der Waals surface area (Å²) >= 11 is 0.